The Kier molecular flexibility index (Phi) is 3.61. The van der Waals surface area contributed by atoms with Crippen molar-refractivity contribution in [2.24, 2.45) is 0 Å². The summed E-state index contributed by atoms with van der Waals surface area (Å²) in [6, 6.07) is 7.61. The Bertz CT molecular complexity index is 380. The minimum Gasteiger partial charge on any atom is -0.497 e. The van der Waals surface area contributed by atoms with Gasteiger partial charge in [-0.3, -0.25) is 0 Å². The third-order valence-electron chi connectivity index (χ3n) is 2.74. The van der Waals surface area contributed by atoms with Gasteiger partial charge in [0.25, 0.3) is 0 Å². The van der Waals surface area contributed by atoms with Crippen LogP contribution in [0.4, 0.5) is 0 Å². The van der Waals surface area contributed by atoms with Gasteiger partial charge in [0, 0.05) is 5.56 Å². The fraction of sp³-hybridized carbons (Fsp3) is 0.286. The molecule has 90 valence electrons. The molecule has 3 heteroatoms. The van der Waals surface area contributed by atoms with Gasteiger partial charge < -0.3 is 14.2 Å². The van der Waals surface area contributed by atoms with Gasteiger partial charge in [0.15, 0.2) is 6.29 Å². The van der Waals surface area contributed by atoms with E-state index in [1.54, 1.807) is 19.3 Å². The lowest BCUT2D eigenvalue weighted by Gasteiger charge is -2.10. The fourth-order valence-electron chi connectivity index (χ4n) is 1.77. The maximum absolute atomic E-state index is 5.72. The molecule has 1 aliphatic heterocycles. The average Bonchev–Trinajstić information content (AvgIpc) is 2.82. The maximum atomic E-state index is 5.72. The molecule has 1 fully saturated rings. The maximum Gasteiger partial charge on any atom is 0.185 e. The third-order valence-corrected chi connectivity index (χ3v) is 2.74. The molecule has 0 amide bonds. The van der Waals surface area contributed by atoms with E-state index in [1.165, 1.54) is 0 Å². The summed E-state index contributed by atoms with van der Waals surface area (Å²) in [6.45, 7) is 7.45. The van der Waals surface area contributed by atoms with Crippen molar-refractivity contribution in [2.45, 2.75) is 18.5 Å². The summed E-state index contributed by atoms with van der Waals surface area (Å²) in [5.41, 5.74) is 0.960. The Morgan fingerprint density at radius 3 is 2.00 bits per heavy atom. The first-order valence-electron chi connectivity index (χ1n) is 5.48. The molecule has 17 heavy (non-hydrogen) atoms. The van der Waals surface area contributed by atoms with Crippen molar-refractivity contribution in [3.05, 3.63) is 55.1 Å². The molecule has 1 saturated heterocycles. The van der Waals surface area contributed by atoms with E-state index in [0.717, 1.165) is 11.3 Å². The summed E-state index contributed by atoms with van der Waals surface area (Å²) in [5, 5.41) is 0. The predicted octanol–water partition coefficient (Wildman–Crippen LogP) is 2.85. The first-order valence-corrected chi connectivity index (χ1v) is 5.48. The van der Waals surface area contributed by atoms with Crippen molar-refractivity contribution < 1.29 is 14.2 Å². The lowest BCUT2D eigenvalue weighted by atomic mass is 10.2. The van der Waals surface area contributed by atoms with E-state index in [-0.39, 0.29) is 18.5 Å². The van der Waals surface area contributed by atoms with Crippen molar-refractivity contribution in [1.82, 2.24) is 0 Å². The summed E-state index contributed by atoms with van der Waals surface area (Å²) in [5.74, 6) is 0.812. The molecule has 2 atom stereocenters. The van der Waals surface area contributed by atoms with Crippen LogP contribution < -0.4 is 4.74 Å². The van der Waals surface area contributed by atoms with Gasteiger partial charge in [-0.15, -0.1) is 13.2 Å². The summed E-state index contributed by atoms with van der Waals surface area (Å²) in [6.07, 6.45) is 2.82. The largest absolute Gasteiger partial charge is 0.497 e. The summed E-state index contributed by atoms with van der Waals surface area (Å²) in [7, 11) is 1.64. The molecule has 1 aromatic carbocycles. The molecule has 0 aromatic heterocycles. The molecular weight excluding hydrogens is 216 g/mol. The highest BCUT2D eigenvalue weighted by Crippen LogP contribution is 2.32. The topological polar surface area (TPSA) is 27.7 Å². The van der Waals surface area contributed by atoms with E-state index in [9.17, 15) is 0 Å². The number of hydrogen-bond acceptors (Lipinski definition) is 3. The van der Waals surface area contributed by atoms with E-state index in [4.69, 9.17) is 14.2 Å². The van der Waals surface area contributed by atoms with Crippen LogP contribution in [-0.4, -0.2) is 19.3 Å². The highest BCUT2D eigenvalue weighted by molar-refractivity contribution is 5.28. The standard InChI is InChI=1S/C14H16O3/c1-4-12-13(5-2)17-14(16-12)10-6-8-11(15-3)9-7-10/h4-9,12-14H,1-2H2,3H3/t12-,13-/m1/s1. The number of hydrogen-bond donors (Lipinski definition) is 0. The summed E-state index contributed by atoms with van der Waals surface area (Å²) in [4.78, 5) is 0. The monoisotopic (exact) mass is 232 g/mol. The number of benzene rings is 1. The second-order valence-corrected chi connectivity index (χ2v) is 3.78. The zero-order valence-electron chi connectivity index (χ0n) is 9.84. The van der Waals surface area contributed by atoms with E-state index < -0.39 is 0 Å². The fourth-order valence-corrected chi connectivity index (χ4v) is 1.77. The SMILES string of the molecule is C=C[C@H]1OC(c2ccc(OC)cc2)O[C@@H]1C=C. The van der Waals surface area contributed by atoms with Gasteiger partial charge in [-0.2, -0.15) is 0 Å². The summed E-state index contributed by atoms with van der Waals surface area (Å²) < 4.78 is 16.5. The lowest BCUT2D eigenvalue weighted by Crippen LogP contribution is -2.16. The van der Waals surface area contributed by atoms with E-state index in [1.807, 2.05) is 24.3 Å². The van der Waals surface area contributed by atoms with Crippen LogP contribution in [0, 0.1) is 0 Å². The average molecular weight is 232 g/mol. The highest BCUT2D eigenvalue weighted by Gasteiger charge is 2.32. The Hall–Kier alpha value is -1.58. The van der Waals surface area contributed by atoms with Crippen LogP contribution in [-0.2, 0) is 9.47 Å². The Labute approximate surface area is 101 Å². The zero-order chi connectivity index (χ0) is 12.3. The normalized spacial score (nSPS) is 24.5. The minimum atomic E-state index is -0.369. The van der Waals surface area contributed by atoms with E-state index in [0.29, 0.717) is 0 Å². The van der Waals surface area contributed by atoms with Crippen molar-refractivity contribution >= 4 is 0 Å². The van der Waals surface area contributed by atoms with Crippen LogP contribution in [0.25, 0.3) is 0 Å². The first kappa shape index (κ1) is 11.9. The smallest absolute Gasteiger partial charge is 0.185 e. The van der Waals surface area contributed by atoms with Crippen molar-refractivity contribution in [3.63, 3.8) is 0 Å². The van der Waals surface area contributed by atoms with Crippen LogP contribution in [0.1, 0.15) is 11.9 Å². The third kappa shape index (κ3) is 2.40. The van der Waals surface area contributed by atoms with Gasteiger partial charge in [-0.1, -0.05) is 24.3 Å². The van der Waals surface area contributed by atoms with Gasteiger partial charge in [0.1, 0.15) is 18.0 Å². The quantitative estimate of drug-likeness (QED) is 0.747. The molecule has 1 heterocycles. The zero-order valence-corrected chi connectivity index (χ0v) is 9.84. The molecule has 0 aliphatic carbocycles. The molecule has 1 aliphatic rings. The molecule has 0 spiro atoms. The van der Waals surface area contributed by atoms with Gasteiger partial charge in [-0.25, -0.2) is 0 Å². The predicted molar refractivity (Wildman–Crippen MR) is 65.9 cm³/mol. The highest BCUT2D eigenvalue weighted by atomic mass is 16.7. The van der Waals surface area contributed by atoms with Crippen molar-refractivity contribution in [1.29, 1.82) is 0 Å². The van der Waals surface area contributed by atoms with Gasteiger partial charge in [0.2, 0.25) is 0 Å². The van der Waals surface area contributed by atoms with Gasteiger partial charge >= 0.3 is 0 Å². The molecule has 0 unspecified atom stereocenters. The Morgan fingerprint density at radius 2 is 1.59 bits per heavy atom. The molecule has 0 bridgehead atoms. The number of ether oxygens (including phenoxy) is 3. The minimum absolute atomic E-state index is 0.139. The molecular formula is C14H16O3. The van der Waals surface area contributed by atoms with Gasteiger partial charge in [0.05, 0.1) is 7.11 Å². The molecule has 1 aromatic rings. The van der Waals surface area contributed by atoms with Gasteiger partial charge in [-0.05, 0) is 12.1 Å². The first-order chi connectivity index (χ1) is 8.28. The molecule has 2 rings (SSSR count). The van der Waals surface area contributed by atoms with Crippen LogP contribution in [0.5, 0.6) is 5.75 Å². The second kappa shape index (κ2) is 5.17. The van der Waals surface area contributed by atoms with Crippen LogP contribution in [0.3, 0.4) is 0 Å². The second-order valence-electron chi connectivity index (χ2n) is 3.78. The number of rotatable bonds is 4. The Morgan fingerprint density at radius 1 is 1.06 bits per heavy atom. The molecule has 0 saturated carbocycles. The van der Waals surface area contributed by atoms with Crippen molar-refractivity contribution in [2.75, 3.05) is 7.11 Å². The van der Waals surface area contributed by atoms with E-state index in [2.05, 4.69) is 13.2 Å². The molecule has 3 nitrogen and oxygen atoms in total. The number of methoxy groups -OCH3 is 1. The summed E-state index contributed by atoms with van der Waals surface area (Å²) >= 11 is 0. The van der Waals surface area contributed by atoms with Crippen LogP contribution >= 0.6 is 0 Å². The van der Waals surface area contributed by atoms with Crippen molar-refractivity contribution in [3.8, 4) is 5.75 Å². The van der Waals surface area contributed by atoms with E-state index >= 15 is 0 Å². The Balaban J connectivity index is 2.13. The lowest BCUT2D eigenvalue weighted by molar-refractivity contribution is -0.0598. The molecule has 0 N–H and O–H groups in total. The van der Waals surface area contributed by atoms with Crippen LogP contribution in [0.2, 0.25) is 0 Å². The molecule has 0 radical (unpaired) electrons. The van der Waals surface area contributed by atoms with Crippen LogP contribution in [0.15, 0.2) is 49.6 Å².